The monoisotopic (exact) mass is 310 g/mol. The molecule has 2 aromatic rings. The van der Waals surface area contributed by atoms with Crippen LogP contribution in [0.3, 0.4) is 0 Å². The molecule has 0 unspecified atom stereocenters. The number of ketones is 1. The largest absolute Gasteiger partial charge is 0.507 e. The Bertz CT molecular complexity index is 614. The van der Waals surface area contributed by atoms with Gasteiger partial charge in [-0.05, 0) is 26.1 Å². The van der Waals surface area contributed by atoms with Gasteiger partial charge in [0.2, 0.25) is 0 Å². The second-order valence-electron chi connectivity index (χ2n) is 4.67. The van der Waals surface area contributed by atoms with E-state index < -0.39 is 0 Å². The molecule has 0 spiro atoms. The maximum atomic E-state index is 11.5. The van der Waals surface area contributed by atoms with Gasteiger partial charge in [-0.15, -0.1) is 11.3 Å². The second kappa shape index (κ2) is 6.35. The first kappa shape index (κ1) is 15.0. The summed E-state index contributed by atoms with van der Waals surface area (Å²) >= 11 is 7.55. The van der Waals surface area contributed by atoms with Crippen LogP contribution in [0.15, 0.2) is 23.0 Å². The number of hydrogen-bond donors (Lipinski definition) is 1. The molecule has 106 valence electrons. The first-order chi connectivity index (χ1) is 9.47. The predicted molar refractivity (Wildman–Crippen MR) is 80.4 cm³/mol. The van der Waals surface area contributed by atoms with E-state index in [2.05, 4.69) is 4.98 Å². The molecule has 6 heteroatoms. The van der Waals surface area contributed by atoms with Crippen molar-refractivity contribution in [3.05, 3.63) is 44.9 Å². The zero-order valence-corrected chi connectivity index (χ0v) is 12.8. The van der Waals surface area contributed by atoms with Crippen molar-refractivity contribution in [3.63, 3.8) is 0 Å². The number of aromatic hydroxyl groups is 1. The molecule has 0 aliphatic heterocycles. The number of aromatic nitrogens is 1. The van der Waals surface area contributed by atoms with E-state index in [0.29, 0.717) is 23.7 Å². The molecule has 1 aromatic heterocycles. The number of nitrogens with zero attached hydrogens (tertiary/aromatic N) is 2. The smallest absolute Gasteiger partial charge is 0.163 e. The van der Waals surface area contributed by atoms with Gasteiger partial charge in [0.25, 0.3) is 0 Å². The molecule has 0 fully saturated rings. The Morgan fingerprint density at radius 2 is 2.20 bits per heavy atom. The maximum Gasteiger partial charge on any atom is 0.163 e. The first-order valence-electron chi connectivity index (χ1n) is 6.05. The van der Waals surface area contributed by atoms with Gasteiger partial charge in [0.1, 0.15) is 5.75 Å². The van der Waals surface area contributed by atoms with Gasteiger partial charge in [0, 0.05) is 29.1 Å². The summed E-state index contributed by atoms with van der Waals surface area (Å²) in [5.74, 6) is -0.194. The van der Waals surface area contributed by atoms with Gasteiger partial charge in [0.05, 0.1) is 16.8 Å². The molecule has 2 rings (SSSR count). The van der Waals surface area contributed by atoms with Crippen LogP contribution in [0.25, 0.3) is 0 Å². The molecule has 20 heavy (non-hydrogen) atoms. The molecule has 0 saturated heterocycles. The van der Waals surface area contributed by atoms with Crippen molar-refractivity contribution in [3.8, 4) is 5.75 Å². The molecule has 1 heterocycles. The molecular weight excluding hydrogens is 296 g/mol. The molecular formula is C14H15ClN2O2S. The highest BCUT2D eigenvalue weighted by molar-refractivity contribution is 7.07. The summed E-state index contributed by atoms with van der Waals surface area (Å²) in [5.41, 5.74) is 3.66. The Balaban J connectivity index is 2.18. The minimum absolute atomic E-state index is 0.00651. The lowest BCUT2D eigenvalue weighted by Crippen LogP contribution is -2.17. The third-order valence-electron chi connectivity index (χ3n) is 2.89. The summed E-state index contributed by atoms with van der Waals surface area (Å²) < 4.78 is 0. The number of benzene rings is 1. The number of carbonyl (C=O) groups excluding carboxylic acids is 1. The maximum absolute atomic E-state index is 11.5. The SMILES string of the molecule is CC(=O)c1cc(Cl)cc(CN(C)Cc2cscn2)c1O. The molecule has 4 nitrogen and oxygen atoms in total. The quantitative estimate of drug-likeness (QED) is 0.861. The molecule has 0 saturated carbocycles. The number of thiazole rings is 1. The average molecular weight is 311 g/mol. The van der Waals surface area contributed by atoms with Crippen LogP contribution in [0.1, 0.15) is 28.5 Å². The Kier molecular flexibility index (Phi) is 4.75. The summed E-state index contributed by atoms with van der Waals surface area (Å²) in [6, 6.07) is 3.17. The zero-order chi connectivity index (χ0) is 14.7. The van der Waals surface area contributed by atoms with Crippen molar-refractivity contribution in [2.75, 3.05) is 7.05 Å². The van der Waals surface area contributed by atoms with E-state index in [9.17, 15) is 9.90 Å². The van der Waals surface area contributed by atoms with E-state index in [-0.39, 0.29) is 17.1 Å². The van der Waals surface area contributed by atoms with E-state index in [4.69, 9.17) is 11.6 Å². The summed E-state index contributed by atoms with van der Waals surface area (Å²) in [7, 11) is 1.92. The number of rotatable bonds is 5. The molecule has 1 N–H and O–H groups in total. The predicted octanol–water partition coefficient (Wildman–Crippen LogP) is 3.34. The standard InChI is InChI=1S/C14H15ClN2O2S/c1-9(18)13-4-11(15)3-10(14(13)19)5-17(2)6-12-7-20-8-16-12/h3-4,7-8,19H,5-6H2,1-2H3. The minimum Gasteiger partial charge on any atom is -0.507 e. The van der Waals surface area contributed by atoms with Crippen molar-refractivity contribution >= 4 is 28.7 Å². The van der Waals surface area contributed by atoms with Gasteiger partial charge in [-0.3, -0.25) is 9.69 Å². The van der Waals surface area contributed by atoms with Gasteiger partial charge in [0.15, 0.2) is 5.78 Å². The zero-order valence-electron chi connectivity index (χ0n) is 11.3. The lowest BCUT2D eigenvalue weighted by Gasteiger charge is -2.17. The van der Waals surface area contributed by atoms with Crippen molar-refractivity contribution in [2.24, 2.45) is 0 Å². The van der Waals surface area contributed by atoms with Gasteiger partial charge in [-0.25, -0.2) is 4.98 Å². The summed E-state index contributed by atoms with van der Waals surface area (Å²) in [4.78, 5) is 17.7. The van der Waals surface area contributed by atoms with Crippen LogP contribution in [0, 0.1) is 0 Å². The fourth-order valence-corrected chi connectivity index (χ4v) is 2.77. The van der Waals surface area contributed by atoms with Crippen LogP contribution < -0.4 is 0 Å². The fraction of sp³-hybridized carbons (Fsp3) is 0.286. The van der Waals surface area contributed by atoms with Crippen LogP contribution in [0.2, 0.25) is 5.02 Å². The number of hydrogen-bond acceptors (Lipinski definition) is 5. The number of halogens is 1. The molecule has 0 aliphatic rings. The summed E-state index contributed by atoms with van der Waals surface area (Å²) in [5, 5.41) is 12.6. The van der Waals surface area contributed by atoms with E-state index in [1.165, 1.54) is 13.0 Å². The summed E-state index contributed by atoms with van der Waals surface area (Å²) in [6.45, 7) is 2.57. The number of phenolic OH excluding ortho intramolecular Hbond substituents is 1. The topological polar surface area (TPSA) is 53.4 Å². The molecule has 0 radical (unpaired) electrons. The van der Waals surface area contributed by atoms with Gasteiger partial charge in [-0.2, -0.15) is 0 Å². The lowest BCUT2D eigenvalue weighted by atomic mass is 10.1. The van der Waals surface area contributed by atoms with Crippen LogP contribution in [0.4, 0.5) is 0 Å². The molecule has 0 atom stereocenters. The van der Waals surface area contributed by atoms with Crippen molar-refractivity contribution in [1.82, 2.24) is 9.88 Å². The third-order valence-corrected chi connectivity index (χ3v) is 3.74. The highest BCUT2D eigenvalue weighted by atomic mass is 35.5. The van der Waals surface area contributed by atoms with E-state index in [1.807, 2.05) is 17.3 Å². The summed E-state index contributed by atoms with van der Waals surface area (Å²) in [6.07, 6.45) is 0. The minimum atomic E-state index is -0.201. The van der Waals surface area contributed by atoms with Crippen LogP contribution in [-0.4, -0.2) is 27.8 Å². The van der Waals surface area contributed by atoms with Crippen molar-refractivity contribution in [2.45, 2.75) is 20.0 Å². The Morgan fingerprint density at radius 1 is 1.45 bits per heavy atom. The van der Waals surface area contributed by atoms with Gasteiger partial charge >= 0.3 is 0 Å². The molecule has 0 bridgehead atoms. The number of phenols is 1. The van der Waals surface area contributed by atoms with Crippen LogP contribution >= 0.6 is 22.9 Å². The van der Waals surface area contributed by atoms with Gasteiger partial charge < -0.3 is 5.11 Å². The highest BCUT2D eigenvalue weighted by Crippen LogP contribution is 2.28. The fourth-order valence-electron chi connectivity index (χ4n) is 1.98. The molecule has 0 aliphatic carbocycles. The molecule has 1 aromatic carbocycles. The van der Waals surface area contributed by atoms with Gasteiger partial charge in [-0.1, -0.05) is 11.6 Å². The first-order valence-corrected chi connectivity index (χ1v) is 7.37. The second-order valence-corrected chi connectivity index (χ2v) is 5.82. The Labute approximate surface area is 126 Å². The Hall–Kier alpha value is -1.43. The number of carbonyl (C=O) groups is 1. The van der Waals surface area contributed by atoms with Crippen LogP contribution in [-0.2, 0) is 13.1 Å². The molecule has 0 amide bonds. The van der Waals surface area contributed by atoms with Crippen LogP contribution in [0.5, 0.6) is 5.75 Å². The third kappa shape index (κ3) is 3.56. The van der Waals surface area contributed by atoms with E-state index in [1.54, 1.807) is 22.9 Å². The lowest BCUT2D eigenvalue weighted by molar-refractivity contribution is 0.101. The van der Waals surface area contributed by atoms with Crippen molar-refractivity contribution < 1.29 is 9.90 Å². The number of Topliss-reactive ketones (excluding diaryl/α,β-unsaturated/α-hetero) is 1. The Morgan fingerprint density at radius 3 is 2.80 bits per heavy atom. The normalized spacial score (nSPS) is 11.0. The highest BCUT2D eigenvalue weighted by Gasteiger charge is 2.14. The van der Waals surface area contributed by atoms with E-state index in [0.717, 1.165) is 5.69 Å². The van der Waals surface area contributed by atoms with E-state index >= 15 is 0 Å². The van der Waals surface area contributed by atoms with Crippen molar-refractivity contribution in [1.29, 1.82) is 0 Å². The average Bonchev–Trinajstić information content (AvgIpc) is 2.85.